The number of hydrogen-bond donors (Lipinski definition) is 2. The number of aliphatic carboxylic acids is 2. The van der Waals surface area contributed by atoms with Gasteiger partial charge in [0.2, 0.25) is 0 Å². The first-order valence-corrected chi connectivity index (χ1v) is 6.49. The summed E-state index contributed by atoms with van der Waals surface area (Å²) in [6, 6.07) is 11.1. The van der Waals surface area contributed by atoms with Crippen molar-refractivity contribution >= 4 is 18.0 Å². The molecule has 4 nitrogen and oxygen atoms in total. The van der Waals surface area contributed by atoms with Gasteiger partial charge in [-0.15, -0.1) is 0 Å². The second-order valence-electron chi connectivity index (χ2n) is 4.42. The molecule has 2 aromatic carbocycles. The van der Waals surface area contributed by atoms with Gasteiger partial charge in [0.1, 0.15) is 11.6 Å². The van der Waals surface area contributed by atoms with E-state index in [0.717, 1.165) is 6.08 Å². The van der Waals surface area contributed by atoms with Crippen LogP contribution >= 0.6 is 0 Å². The Labute approximate surface area is 131 Å². The summed E-state index contributed by atoms with van der Waals surface area (Å²) in [4.78, 5) is 20.2. The number of carbonyl (C=O) groups is 2. The van der Waals surface area contributed by atoms with Crippen LogP contribution in [0.3, 0.4) is 0 Å². The van der Waals surface area contributed by atoms with Crippen molar-refractivity contribution in [2.24, 2.45) is 0 Å². The summed E-state index contributed by atoms with van der Waals surface area (Å²) in [5, 5.41) is 16.6. The lowest BCUT2D eigenvalue weighted by Crippen LogP contribution is -1.99. The Morgan fingerprint density at radius 3 is 2.13 bits per heavy atom. The molecule has 0 aliphatic heterocycles. The third-order valence-electron chi connectivity index (χ3n) is 2.54. The molecule has 0 amide bonds. The molecule has 0 spiro atoms. The Balaban J connectivity index is 0.000000231. The van der Waals surface area contributed by atoms with E-state index in [1.165, 1.54) is 48.5 Å². The summed E-state index contributed by atoms with van der Waals surface area (Å²) in [6.45, 7) is 0. The summed E-state index contributed by atoms with van der Waals surface area (Å²) in [6.07, 6.45) is 2.25. The highest BCUT2D eigenvalue weighted by Crippen LogP contribution is 2.05. The first-order valence-electron chi connectivity index (χ1n) is 6.49. The summed E-state index contributed by atoms with van der Waals surface area (Å²) < 4.78 is 24.8. The molecule has 0 fully saturated rings. The van der Waals surface area contributed by atoms with E-state index < -0.39 is 11.9 Å². The lowest BCUT2D eigenvalue weighted by molar-refractivity contribution is -0.136. The van der Waals surface area contributed by atoms with E-state index in [1.54, 1.807) is 6.07 Å². The van der Waals surface area contributed by atoms with Crippen molar-refractivity contribution in [3.05, 3.63) is 77.4 Å². The number of hydrogen-bond acceptors (Lipinski definition) is 2. The Kier molecular flexibility index (Phi) is 7.13. The maximum Gasteiger partial charge on any atom is 0.328 e. The molecule has 0 aliphatic rings. The maximum atomic E-state index is 12.5. The Morgan fingerprint density at radius 2 is 1.61 bits per heavy atom. The van der Waals surface area contributed by atoms with Crippen LogP contribution in [0.4, 0.5) is 8.78 Å². The molecule has 2 rings (SSSR count). The van der Waals surface area contributed by atoms with Crippen LogP contribution in [0.1, 0.15) is 11.1 Å². The summed E-state index contributed by atoms with van der Waals surface area (Å²) >= 11 is 0. The van der Waals surface area contributed by atoms with Gasteiger partial charge >= 0.3 is 11.9 Å². The molecule has 0 saturated heterocycles. The second kappa shape index (κ2) is 9.09. The van der Waals surface area contributed by atoms with Crippen molar-refractivity contribution in [1.82, 2.24) is 0 Å². The van der Waals surface area contributed by atoms with Crippen LogP contribution in [-0.2, 0) is 16.0 Å². The van der Waals surface area contributed by atoms with Crippen molar-refractivity contribution < 1.29 is 28.6 Å². The fourth-order valence-electron chi connectivity index (χ4n) is 1.55. The quantitative estimate of drug-likeness (QED) is 0.847. The fraction of sp³-hybridized carbons (Fsp3) is 0.0588. The van der Waals surface area contributed by atoms with Gasteiger partial charge in [-0.2, -0.15) is 0 Å². The van der Waals surface area contributed by atoms with E-state index in [0.29, 0.717) is 11.1 Å². The van der Waals surface area contributed by atoms with E-state index in [-0.39, 0.29) is 18.1 Å². The van der Waals surface area contributed by atoms with Gasteiger partial charge < -0.3 is 10.2 Å². The third-order valence-corrected chi connectivity index (χ3v) is 2.54. The number of benzene rings is 2. The molecule has 120 valence electrons. The van der Waals surface area contributed by atoms with Crippen LogP contribution in [-0.4, -0.2) is 22.2 Å². The summed E-state index contributed by atoms with van der Waals surface area (Å²) in [5.74, 6) is -2.67. The van der Waals surface area contributed by atoms with Crippen molar-refractivity contribution in [2.45, 2.75) is 6.42 Å². The zero-order chi connectivity index (χ0) is 17.2. The van der Waals surface area contributed by atoms with Crippen molar-refractivity contribution in [2.75, 3.05) is 0 Å². The van der Waals surface area contributed by atoms with Crippen LogP contribution in [0.2, 0.25) is 0 Å². The second-order valence-corrected chi connectivity index (χ2v) is 4.42. The van der Waals surface area contributed by atoms with Crippen molar-refractivity contribution in [3.8, 4) is 0 Å². The number of halogens is 2. The largest absolute Gasteiger partial charge is 0.481 e. The molecular formula is C17H14F2O4. The molecule has 0 atom stereocenters. The van der Waals surface area contributed by atoms with Gasteiger partial charge in [0, 0.05) is 6.08 Å². The van der Waals surface area contributed by atoms with E-state index in [2.05, 4.69) is 0 Å². The molecule has 0 heterocycles. The number of rotatable bonds is 4. The van der Waals surface area contributed by atoms with Crippen LogP contribution in [0.25, 0.3) is 6.08 Å². The SMILES string of the molecule is O=C(O)C=Cc1cccc(F)c1.O=C(O)Cc1ccc(F)cc1. The first kappa shape index (κ1) is 18.0. The van der Waals surface area contributed by atoms with Gasteiger partial charge in [-0.25, -0.2) is 13.6 Å². The van der Waals surface area contributed by atoms with E-state index in [4.69, 9.17) is 10.2 Å². The monoisotopic (exact) mass is 320 g/mol. The lowest BCUT2D eigenvalue weighted by atomic mass is 10.1. The Morgan fingerprint density at radius 1 is 0.957 bits per heavy atom. The predicted octanol–water partition coefficient (Wildman–Crippen LogP) is 3.38. The molecule has 0 aromatic heterocycles. The molecule has 0 saturated carbocycles. The van der Waals surface area contributed by atoms with E-state index >= 15 is 0 Å². The summed E-state index contributed by atoms with van der Waals surface area (Å²) in [5.41, 5.74) is 1.15. The average molecular weight is 320 g/mol. The molecule has 2 aromatic rings. The highest BCUT2D eigenvalue weighted by molar-refractivity contribution is 5.85. The smallest absolute Gasteiger partial charge is 0.328 e. The molecule has 6 heteroatoms. The normalized spacial score (nSPS) is 10.0. The van der Waals surface area contributed by atoms with Crippen molar-refractivity contribution in [3.63, 3.8) is 0 Å². The minimum absolute atomic E-state index is 0.0553. The average Bonchev–Trinajstić information content (AvgIpc) is 2.48. The van der Waals surface area contributed by atoms with Crippen LogP contribution in [0.15, 0.2) is 54.6 Å². The maximum absolute atomic E-state index is 12.5. The minimum atomic E-state index is -1.04. The van der Waals surface area contributed by atoms with Gasteiger partial charge in [0.25, 0.3) is 0 Å². The van der Waals surface area contributed by atoms with Crippen LogP contribution < -0.4 is 0 Å². The standard InChI is InChI=1S/C9H7FO2.C8H7FO2/c10-8-3-1-2-7(6-8)4-5-9(11)12;9-7-3-1-6(2-4-7)5-8(10)11/h1-6H,(H,11,12);1-4H,5H2,(H,10,11). The lowest BCUT2D eigenvalue weighted by Gasteiger charge is -1.94. The molecule has 0 bridgehead atoms. The van der Waals surface area contributed by atoms with Crippen LogP contribution in [0.5, 0.6) is 0 Å². The Hall–Kier alpha value is -3.02. The van der Waals surface area contributed by atoms with E-state index in [1.807, 2.05) is 0 Å². The number of carboxylic acids is 2. The molecule has 0 aliphatic carbocycles. The molecule has 0 radical (unpaired) electrons. The van der Waals surface area contributed by atoms with Gasteiger partial charge in [-0.05, 0) is 41.5 Å². The predicted molar refractivity (Wildman–Crippen MR) is 80.8 cm³/mol. The Bertz CT molecular complexity index is 694. The molecule has 0 unspecified atom stereocenters. The number of carboxylic acid groups (broad SMARTS) is 2. The molecular weight excluding hydrogens is 306 g/mol. The first-order chi connectivity index (χ1) is 10.9. The highest BCUT2D eigenvalue weighted by Gasteiger charge is 1.98. The third kappa shape index (κ3) is 8.11. The highest BCUT2D eigenvalue weighted by atomic mass is 19.1. The van der Waals surface area contributed by atoms with Gasteiger partial charge in [-0.3, -0.25) is 4.79 Å². The van der Waals surface area contributed by atoms with Crippen LogP contribution in [0, 0.1) is 11.6 Å². The topological polar surface area (TPSA) is 74.6 Å². The fourth-order valence-corrected chi connectivity index (χ4v) is 1.55. The minimum Gasteiger partial charge on any atom is -0.481 e. The van der Waals surface area contributed by atoms with Gasteiger partial charge in [0.05, 0.1) is 6.42 Å². The van der Waals surface area contributed by atoms with E-state index in [9.17, 15) is 18.4 Å². The zero-order valence-corrected chi connectivity index (χ0v) is 11.9. The summed E-state index contributed by atoms with van der Waals surface area (Å²) in [7, 11) is 0. The molecule has 23 heavy (non-hydrogen) atoms. The zero-order valence-electron chi connectivity index (χ0n) is 11.9. The molecule has 2 N–H and O–H groups in total. The van der Waals surface area contributed by atoms with Gasteiger partial charge in [-0.1, -0.05) is 24.3 Å². The van der Waals surface area contributed by atoms with Crippen molar-refractivity contribution in [1.29, 1.82) is 0 Å². The van der Waals surface area contributed by atoms with Gasteiger partial charge in [0.15, 0.2) is 0 Å².